The van der Waals surface area contributed by atoms with Crippen LogP contribution in [0.5, 0.6) is 0 Å². The van der Waals surface area contributed by atoms with Crippen LogP contribution in [0, 0.1) is 5.92 Å². The largest absolute Gasteiger partial charge is 0.316 e. The van der Waals surface area contributed by atoms with Gasteiger partial charge < -0.3 is 5.32 Å². The third kappa shape index (κ3) is 3.68. The van der Waals surface area contributed by atoms with Crippen LogP contribution in [0.4, 0.5) is 0 Å². The Kier molecular flexibility index (Phi) is 6.08. The Balaban J connectivity index is 0.00000162. The molecule has 1 fully saturated rings. The first-order valence-corrected chi connectivity index (χ1v) is 8.47. The predicted molar refractivity (Wildman–Crippen MR) is 80.1 cm³/mol. The molecule has 0 spiro atoms. The monoisotopic (exact) mass is 374 g/mol. The van der Waals surface area contributed by atoms with Crippen molar-refractivity contribution in [3.8, 4) is 0 Å². The van der Waals surface area contributed by atoms with E-state index in [2.05, 4.69) is 21.2 Å². The number of hydrogen-bond donors (Lipinski definition) is 1. The molecule has 1 aromatic rings. The van der Waals surface area contributed by atoms with Crippen LogP contribution >= 0.6 is 39.7 Å². The third-order valence-electron chi connectivity index (χ3n) is 2.89. The van der Waals surface area contributed by atoms with E-state index in [1.807, 2.05) is 0 Å². The van der Waals surface area contributed by atoms with Gasteiger partial charge in [-0.25, -0.2) is 8.42 Å². The second-order valence-electron chi connectivity index (χ2n) is 4.20. The number of thiophene rings is 1. The minimum Gasteiger partial charge on any atom is -0.316 e. The van der Waals surface area contributed by atoms with E-state index < -0.39 is 10.0 Å². The molecule has 0 bridgehead atoms. The zero-order valence-corrected chi connectivity index (χ0v) is 14.0. The molecule has 0 saturated carbocycles. The molecule has 0 radical (unpaired) electrons. The van der Waals surface area contributed by atoms with E-state index in [0.29, 0.717) is 16.7 Å². The summed E-state index contributed by atoms with van der Waals surface area (Å²) in [4.78, 5) is 0. The van der Waals surface area contributed by atoms with Crippen molar-refractivity contribution in [1.29, 1.82) is 0 Å². The fourth-order valence-electron chi connectivity index (χ4n) is 1.92. The lowest BCUT2D eigenvalue weighted by atomic mass is 10.1. The zero-order chi connectivity index (χ0) is 12.5. The van der Waals surface area contributed by atoms with Gasteiger partial charge in [0, 0.05) is 13.6 Å². The van der Waals surface area contributed by atoms with E-state index in [0.717, 1.165) is 23.3 Å². The molecule has 104 valence electrons. The van der Waals surface area contributed by atoms with Gasteiger partial charge >= 0.3 is 0 Å². The second-order valence-corrected chi connectivity index (χ2v) is 8.94. The Morgan fingerprint density at radius 2 is 2.28 bits per heavy atom. The van der Waals surface area contributed by atoms with Gasteiger partial charge in [0.05, 0.1) is 3.79 Å². The summed E-state index contributed by atoms with van der Waals surface area (Å²) in [7, 11) is -1.66. The Morgan fingerprint density at radius 1 is 1.56 bits per heavy atom. The number of nitrogens with zero attached hydrogens (tertiary/aromatic N) is 1. The van der Waals surface area contributed by atoms with Gasteiger partial charge in [0.2, 0.25) is 0 Å². The zero-order valence-electron chi connectivity index (χ0n) is 9.93. The Labute approximate surface area is 126 Å². The lowest BCUT2D eigenvalue weighted by molar-refractivity contribution is 0.400. The van der Waals surface area contributed by atoms with Crippen molar-refractivity contribution in [3.63, 3.8) is 0 Å². The minimum absolute atomic E-state index is 0. The maximum Gasteiger partial charge on any atom is 0.252 e. The number of rotatable bonds is 4. The van der Waals surface area contributed by atoms with Gasteiger partial charge in [0.25, 0.3) is 10.0 Å². The third-order valence-corrected chi connectivity index (χ3v) is 6.81. The van der Waals surface area contributed by atoms with E-state index in [-0.39, 0.29) is 12.4 Å². The van der Waals surface area contributed by atoms with Crippen LogP contribution in [0.2, 0.25) is 0 Å². The van der Waals surface area contributed by atoms with Crippen LogP contribution in [-0.2, 0) is 10.0 Å². The van der Waals surface area contributed by atoms with Crippen molar-refractivity contribution < 1.29 is 8.42 Å². The maximum atomic E-state index is 12.2. The molecule has 1 atom stereocenters. The van der Waals surface area contributed by atoms with Crippen molar-refractivity contribution in [2.24, 2.45) is 5.92 Å². The summed E-state index contributed by atoms with van der Waals surface area (Å²) in [5.74, 6) is 0.429. The molecule has 0 amide bonds. The average Bonchev–Trinajstić information content (AvgIpc) is 2.89. The Bertz CT molecular complexity index is 486. The summed E-state index contributed by atoms with van der Waals surface area (Å²) < 4.78 is 27.2. The van der Waals surface area contributed by atoms with Crippen molar-refractivity contribution in [3.05, 3.63) is 15.9 Å². The number of halogens is 2. The van der Waals surface area contributed by atoms with Crippen LogP contribution in [0.3, 0.4) is 0 Å². The van der Waals surface area contributed by atoms with Crippen molar-refractivity contribution >= 4 is 49.7 Å². The van der Waals surface area contributed by atoms with Gasteiger partial charge in [-0.1, -0.05) is 0 Å². The summed E-state index contributed by atoms with van der Waals surface area (Å²) >= 11 is 4.54. The smallest absolute Gasteiger partial charge is 0.252 e. The Hall–Kier alpha value is 0.340. The molecule has 1 saturated heterocycles. The van der Waals surface area contributed by atoms with Crippen LogP contribution in [0.25, 0.3) is 0 Å². The van der Waals surface area contributed by atoms with Gasteiger partial charge in [0.15, 0.2) is 0 Å². The van der Waals surface area contributed by atoms with Gasteiger partial charge in [-0.15, -0.1) is 23.7 Å². The highest BCUT2D eigenvalue weighted by atomic mass is 79.9. The van der Waals surface area contributed by atoms with Gasteiger partial charge in [-0.3, -0.25) is 0 Å². The Morgan fingerprint density at radius 3 is 2.78 bits per heavy atom. The lowest BCUT2D eigenvalue weighted by Gasteiger charge is -2.19. The molecule has 0 aliphatic carbocycles. The molecule has 8 heteroatoms. The number of hydrogen-bond acceptors (Lipinski definition) is 4. The highest BCUT2D eigenvalue weighted by molar-refractivity contribution is 9.11. The summed E-state index contributed by atoms with van der Waals surface area (Å²) in [6, 6.07) is 3.41. The van der Waals surface area contributed by atoms with Gasteiger partial charge in [0.1, 0.15) is 4.21 Å². The van der Waals surface area contributed by atoms with E-state index in [4.69, 9.17) is 0 Å². The standard InChI is InChI=1S/C10H15BrN2O2S2.ClH/c1-13(7-8-4-5-12-6-8)17(14,15)10-3-2-9(11)16-10;/h2-3,8,12H,4-7H2,1H3;1H. The van der Waals surface area contributed by atoms with Crippen LogP contribution in [0.1, 0.15) is 6.42 Å². The predicted octanol–water partition coefficient (Wildman–Crippen LogP) is 2.16. The molecule has 0 aromatic carbocycles. The molecule has 1 N–H and O–H groups in total. The summed E-state index contributed by atoms with van der Waals surface area (Å²) in [5.41, 5.74) is 0. The average molecular weight is 376 g/mol. The first kappa shape index (κ1) is 16.4. The molecule has 2 rings (SSSR count). The van der Waals surface area contributed by atoms with Crippen molar-refractivity contribution in [2.75, 3.05) is 26.7 Å². The molecule has 1 aliphatic rings. The van der Waals surface area contributed by atoms with E-state index >= 15 is 0 Å². The quantitative estimate of drug-likeness (QED) is 0.877. The maximum absolute atomic E-state index is 12.2. The first-order chi connectivity index (χ1) is 8.00. The molecule has 4 nitrogen and oxygen atoms in total. The molecule has 1 unspecified atom stereocenters. The van der Waals surface area contributed by atoms with Gasteiger partial charge in [-0.2, -0.15) is 4.31 Å². The molecular formula is C10H16BrClN2O2S2. The lowest BCUT2D eigenvalue weighted by Crippen LogP contribution is -2.32. The highest BCUT2D eigenvalue weighted by Crippen LogP contribution is 2.28. The van der Waals surface area contributed by atoms with Gasteiger partial charge in [-0.05, 0) is 53.5 Å². The van der Waals surface area contributed by atoms with E-state index in [1.165, 1.54) is 15.6 Å². The molecule has 18 heavy (non-hydrogen) atoms. The molecule has 2 heterocycles. The fraction of sp³-hybridized carbons (Fsp3) is 0.600. The van der Waals surface area contributed by atoms with Crippen molar-refractivity contribution in [1.82, 2.24) is 9.62 Å². The highest BCUT2D eigenvalue weighted by Gasteiger charge is 2.26. The second kappa shape index (κ2) is 6.67. The summed E-state index contributed by atoms with van der Waals surface area (Å²) in [6.45, 7) is 2.49. The topological polar surface area (TPSA) is 49.4 Å². The van der Waals surface area contributed by atoms with Crippen LogP contribution in [-0.4, -0.2) is 39.4 Å². The van der Waals surface area contributed by atoms with E-state index in [1.54, 1.807) is 19.2 Å². The normalized spacial score (nSPS) is 20.1. The minimum atomic E-state index is -3.31. The molecular weight excluding hydrogens is 360 g/mol. The molecule has 1 aromatic heterocycles. The number of nitrogens with one attached hydrogen (secondary N) is 1. The summed E-state index contributed by atoms with van der Waals surface area (Å²) in [5, 5.41) is 3.25. The van der Waals surface area contributed by atoms with Crippen LogP contribution < -0.4 is 5.32 Å². The SMILES string of the molecule is CN(CC1CCNC1)S(=O)(=O)c1ccc(Br)s1.Cl. The van der Waals surface area contributed by atoms with E-state index in [9.17, 15) is 8.42 Å². The fourth-order valence-corrected chi connectivity index (χ4v) is 5.39. The molecule has 1 aliphatic heterocycles. The summed E-state index contributed by atoms with van der Waals surface area (Å²) in [6.07, 6.45) is 1.05. The van der Waals surface area contributed by atoms with Crippen molar-refractivity contribution in [2.45, 2.75) is 10.6 Å². The van der Waals surface area contributed by atoms with Crippen LogP contribution in [0.15, 0.2) is 20.1 Å². The number of sulfonamides is 1. The first-order valence-electron chi connectivity index (χ1n) is 5.42.